The summed E-state index contributed by atoms with van der Waals surface area (Å²) in [7, 11) is 0. The van der Waals surface area contributed by atoms with Gasteiger partial charge in [-0.25, -0.2) is 0 Å². The Morgan fingerprint density at radius 3 is 2.72 bits per heavy atom. The van der Waals surface area contributed by atoms with E-state index in [2.05, 4.69) is 11.8 Å². The summed E-state index contributed by atoms with van der Waals surface area (Å²) in [6.07, 6.45) is 4.79. The van der Waals surface area contributed by atoms with E-state index in [1.54, 1.807) is 0 Å². The maximum atomic E-state index is 11.7. The minimum Gasteiger partial charge on any atom is -0.481 e. The molecule has 1 saturated carbocycles. The molecule has 4 heteroatoms. The number of ether oxygens (including phenoxy) is 1. The Hall–Kier alpha value is -0.610. The van der Waals surface area contributed by atoms with Gasteiger partial charge in [0.15, 0.2) is 0 Å². The van der Waals surface area contributed by atoms with Gasteiger partial charge >= 0.3 is 5.97 Å². The van der Waals surface area contributed by atoms with E-state index in [1.807, 2.05) is 0 Å². The zero-order valence-electron chi connectivity index (χ0n) is 11.4. The van der Waals surface area contributed by atoms with E-state index in [4.69, 9.17) is 4.74 Å². The van der Waals surface area contributed by atoms with Gasteiger partial charge in [-0.2, -0.15) is 0 Å². The quantitative estimate of drug-likeness (QED) is 0.838. The first-order chi connectivity index (χ1) is 8.62. The Kier molecular flexibility index (Phi) is 4.62. The number of carbonyl (C=O) groups is 1. The summed E-state index contributed by atoms with van der Waals surface area (Å²) in [4.78, 5) is 14.0. The fraction of sp³-hybridized carbons (Fsp3) is 0.929. The zero-order valence-corrected chi connectivity index (χ0v) is 11.4. The number of aliphatic carboxylic acids is 1. The summed E-state index contributed by atoms with van der Waals surface area (Å²) in [5.41, 5.74) is -0.503. The molecule has 1 saturated heterocycles. The zero-order chi connectivity index (χ0) is 13.0. The number of carboxylic acid groups (broad SMARTS) is 1. The van der Waals surface area contributed by atoms with Crippen molar-refractivity contribution in [3.8, 4) is 0 Å². The molecule has 0 bridgehead atoms. The molecule has 104 valence electrons. The largest absolute Gasteiger partial charge is 0.481 e. The van der Waals surface area contributed by atoms with E-state index in [-0.39, 0.29) is 0 Å². The van der Waals surface area contributed by atoms with Crippen molar-refractivity contribution in [2.45, 2.75) is 39.0 Å². The molecule has 0 aromatic rings. The van der Waals surface area contributed by atoms with Crippen LogP contribution in [-0.4, -0.2) is 48.8 Å². The summed E-state index contributed by atoms with van der Waals surface area (Å²) in [5, 5.41) is 9.62. The second-order valence-corrected chi connectivity index (χ2v) is 6.01. The maximum absolute atomic E-state index is 11.7. The second-order valence-electron chi connectivity index (χ2n) is 6.01. The Labute approximate surface area is 109 Å². The van der Waals surface area contributed by atoms with Gasteiger partial charge < -0.3 is 9.84 Å². The predicted molar refractivity (Wildman–Crippen MR) is 69.6 cm³/mol. The molecule has 0 unspecified atom stereocenters. The van der Waals surface area contributed by atoms with Crippen molar-refractivity contribution < 1.29 is 14.6 Å². The molecule has 0 aromatic heterocycles. The molecule has 1 aliphatic heterocycles. The molecule has 0 aromatic carbocycles. The van der Waals surface area contributed by atoms with Crippen LogP contribution in [0.1, 0.15) is 39.0 Å². The van der Waals surface area contributed by atoms with Gasteiger partial charge in [0.25, 0.3) is 0 Å². The second kappa shape index (κ2) is 6.02. The highest BCUT2D eigenvalue weighted by Gasteiger charge is 2.42. The van der Waals surface area contributed by atoms with E-state index in [0.29, 0.717) is 12.5 Å². The van der Waals surface area contributed by atoms with Gasteiger partial charge in [-0.3, -0.25) is 9.69 Å². The Morgan fingerprint density at radius 1 is 1.33 bits per heavy atom. The smallest absolute Gasteiger partial charge is 0.310 e. The van der Waals surface area contributed by atoms with Crippen LogP contribution in [0.25, 0.3) is 0 Å². The summed E-state index contributed by atoms with van der Waals surface area (Å²) in [6, 6.07) is 0. The first kappa shape index (κ1) is 13.8. The summed E-state index contributed by atoms with van der Waals surface area (Å²) in [6.45, 7) is 6.35. The van der Waals surface area contributed by atoms with Crippen molar-refractivity contribution in [2.75, 3.05) is 32.8 Å². The van der Waals surface area contributed by atoms with Crippen LogP contribution in [0.5, 0.6) is 0 Å². The molecular weight excluding hydrogens is 230 g/mol. The van der Waals surface area contributed by atoms with Gasteiger partial charge in [-0.15, -0.1) is 0 Å². The van der Waals surface area contributed by atoms with Crippen molar-refractivity contribution in [3.63, 3.8) is 0 Å². The van der Waals surface area contributed by atoms with Crippen molar-refractivity contribution in [3.05, 3.63) is 0 Å². The lowest BCUT2D eigenvalue weighted by Crippen LogP contribution is -2.46. The lowest BCUT2D eigenvalue weighted by molar-refractivity contribution is -0.153. The lowest BCUT2D eigenvalue weighted by atomic mass is 9.70. The van der Waals surface area contributed by atoms with Gasteiger partial charge in [0.2, 0.25) is 0 Å². The molecule has 1 aliphatic carbocycles. The Balaban J connectivity index is 1.99. The van der Waals surface area contributed by atoms with Gasteiger partial charge in [0.05, 0.1) is 12.0 Å². The van der Waals surface area contributed by atoms with Gasteiger partial charge in [0.1, 0.15) is 0 Å². The van der Waals surface area contributed by atoms with Crippen molar-refractivity contribution in [2.24, 2.45) is 11.3 Å². The topological polar surface area (TPSA) is 49.8 Å². The van der Waals surface area contributed by atoms with Crippen LogP contribution in [0.15, 0.2) is 0 Å². The molecular formula is C14H25NO3. The van der Waals surface area contributed by atoms with E-state index >= 15 is 0 Å². The van der Waals surface area contributed by atoms with E-state index in [0.717, 1.165) is 58.4 Å². The fourth-order valence-corrected chi connectivity index (χ4v) is 3.14. The fourth-order valence-electron chi connectivity index (χ4n) is 3.14. The minimum absolute atomic E-state index is 0.503. The summed E-state index contributed by atoms with van der Waals surface area (Å²) in [5.74, 6) is 0.0875. The molecule has 18 heavy (non-hydrogen) atoms. The van der Waals surface area contributed by atoms with Crippen LogP contribution in [-0.2, 0) is 9.53 Å². The maximum Gasteiger partial charge on any atom is 0.310 e. The summed E-state index contributed by atoms with van der Waals surface area (Å²) < 4.78 is 5.44. The van der Waals surface area contributed by atoms with Crippen molar-refractivity contribution in [1.29, 1.82) is 0 Å². The minimum atomic E-state index is -0.598. The van der Waals surface area contributed by atoms with Crippen LogP contribution in [0.3, 0.4) is 0 Å². The molecule has 0 spiro atoms. The average Bonchev–Trinajstić information content (AvgIpc) is 2.60. The SMILES string of the molecule is CC1CCC(CN2CCCOCC2)(C(=O)O)CC1. The molecule has 1 heterocycles. The Bertz CT molecular complexity index is 277. The highest BCUT2D eigenvalue weighted by Crippen LogP contribution is 2.39. The number of nitrogens with zero attached hydrogens (tertiary/aromatic N) is 1. The van der Waals surface area contributed by atoms with Crippen LogP contribution in [0.2, 0.25) is 0 Å². The number of rotatable bonds is 3. The van der Waals surface area contributed by atoms with E-state index < -0.39 is 11.4 Å². The summed E-state index contributed by atoms with van der Waals surface area (Å²) >= 11 is 0. The number of carboxylic acids is 1. The van der Waals surface area contributed by atoms with Gasteiger partial charge in [-0.1, -0.05) is 6.92 Å². The molecule has 2 fully saturated rings. The van der Waals surface area contributed by atoms with Crippen LogP contribution >= 0.6 is 0 Å². The highest BCUT2D eigenvalue weighted by atomic mass is 16.5. The molecule has 0 atom stereocenters. The third-order valence-corrected chi connectivity index (χ3v) is 4.53. The number of hydrogen-bond acceptors (Lipinski definition) is 3. The van der Waals surface area contributed by atoms with E-state index in [9.17, 15) is 9.90 Å². The average molecular weight is 255 g/mol. The molecule has 4 nitrogen and oxygen atoms in total. The molecule has 2 aliphatic rings. The van der Waals surface area contributed by atoms with Crippen LogP contribution < -0.4 is 0 Å². The van der Waals surface area contributed by atoms with Crippen molar-refractivity contribution >= 4 is 5.97 Å². The first-order valence-electron chi connectivity index (χ1n) is 7.16. The van der Waals surface area contributed by atoms with Crippen molar-refractivity contribution in [1.82, 2.24) is 4.90 Å². The molecule has 0 radical (unpaired) electrons. The third kappa shape index (κ3) is 3.23. The standard InChI is InChI=1S/C14H25NO3/c1-12-3-5-14(6-4-12,13(16)17)11-15-7-2-9-18-10-8-15/h12H,2-11H2,1H3,(H,16,17). The van der Waals surface area contributed by atoms with Gasteiger partial charge in [0, 0.05) is 26.2 Å². The van der Waals surface area contributed by atoms with Crippen LogP contribution in [0, 0.1) is 11.3 Å². The lowest BCUT2D eigenvalue weighted by Gasteiger charge is -2.39. The molecule has 2 rings (SSSR count). The third-order valence-electron chi connectivity index (χ3n) is 4.53. The van der Waals surface area contributed by atoms with Gasteiger partial charge in [-0.05, 0) is 38.0 Å². The molecule has 1 N–H and O–H groups in total. The van der Waals surface area contributed by atoms with E-state index in [1.165, 1.54) is 0 Å². The molecule has 0 amide bonds. The highest BCUT2D eigenvalue weighted by molar-refractivity contribution is 5.75. The first-order valence-corrected chi connectivity index (χ1v) is 7.16. The number of hydrogen-bond donors (Lipinski definition) is 1. The monoisotopic (exact) mass is 255 g/mol. The predicted octanol–water partition coefficient (Wildman–Crippen LogP) is 1.99. The normalized spacial score (nSPS) is 35.1. The van der Waals surface area contributed by atoms with Crippen LogP contribution in [0.4, 0.5) is 0 Å². The Morgan fingerprint density at radius 2 is 2.06 bits per heavy atom.